The molecule has 0 saturated carbocycles. The Kier molecular flexibility index (Phi) is 16.6. The fourth-order valence-corrected chi connectivity index (χ4v) is 10.5. The molecule has 0 radical (unpaired) electrons. The Bertz CT molecular complexity index is 4450. The second-order valence-electron chi connectivity index (χ2n) is 22.4. The summed E-state index contributed by atoms with van der Waals surface area (Å²) in [5.74, 6) is -1.62. The average Bonchev–Trinajstić information content (AvgIpc) is 0.763. The first-order valence-electron chi connectivity index (χ1n) is 35.2. The number of rotatable bonds is 6. The largest absolute Gasteiger partial charge is 0.215 e. The van der Waals surface area contributed by atoms with E-state index >= 15 is 0 Å². The molecule has 5 aromatic carbocycles. The van der Waals surface area contributed by atoms with Gasteiger partial charge in [0.25, 0.3) is 0 Å². The zero-order valence-corrected chi connectivity index (χ0v) is 53.4. The van der Waals surface area contributed by atoms with E-state index in [1.165, 1.54) is 51.7 Å². The highest BCUT2D eigenvalue weighted by atomic mass is 15.0. The second-order valence-corrected chi connectivity index (χ2v) is 22.4. The first-order valence-corrected chi connectivity index (χ1v) is 28.7. The predicted molar refractivity (Wildman–Crippen MR) is 355 cm³/mol. The van der Waals surface area contributed by atoms with Crippen molar-refractivity contribution in [3.05, 3.63) is 265 Å². The van der Waals surface area contributed by atoms with Crippen LogP contribution in [-0.4, -0.2) is 0 Å². The smallest absolute Gasteiger partial charge is 0.201 e. The third kappa shape index (κ3) is 15.1. The van der Waals surface area contributed by atoms with Crippen LogP contribution in [-0.2, 0) is 35.2 Å². The van der Waals surface area contributed by atoms with E-state index in [9.17, 15) is 0 Å². The first-order chi connectivity index (χ1) is 44.9. The molecular formula is C79H98N5+5. The van der Waals surface area contributed by atoms with Gasteiger partial charge >= 0.3 is 0 Å². The molecule has 5 heteroatoms. The molecule has 1 unspecified atom stereocenters. The molecular weight excluding hydrogens is 1020 g/mol. The van der Waals surface area contributed by atoms with Crippen LogP contribution in [0.4, 0.5) is 0 Å². The zero-order valence-electron chi connectivity index (χ0n) is 66.4. The normalized spacial score (nSPS) is 14.2. The summed E-state index contributed by atoms with van der Waals surface area (Å²) in [4.78, 5) is 0. The van der Waals surface area contributed by atoms with E-state index in [0.717, 1.165) is 84.4 Å². The van der Waals surface area contributed by atoms with Gasteiger partial charge in [0.2, 0.25) is 28.5 Å². The molecule has 434 valence electrons. The Labute approximate surface area is 525 Å². The van der Waals surface area contributed by atoms with Crippen molar-refractivity contribution >= 4 is 0 Å². The Morgan fingerprint density at radius 3 is 1.24 bits per heavy atom. The monoisotopic (exact) mass is 1130 g/mol. The second kappa shape index (κ2) is 28.9. The minimum absolute atomic E-state index is 0.410. The van der Waals surface area contributed by atoms with Crippen LogP contribution in [0, 0.1) is 111 Å². The third-order valence-electron chi connectivity index (χ3n) is 16.5. The summed E-state index contributed by atoms with van der Waals surface area (Å²) in [7, 11) is 9.77. The molecule has 0 saturated heterocycles. The van der Waals surface area contributed by atoms with Gasteiger partial charge in [-0.2, -0.15) is 18.3 Å². The lowest BCUT2D eigenvalue weighted by Gasteiger charge is -2.13. The molecule has 0 aliphatic rings. The molecule has 0 bridgehead atoms. The van der Waals surface area contributed by atoms with Crippen LogP contribution in [0.1, 0.15) is 133 Å². The van der Waals surface area contributed by atoms with Crippen molar-refractivity contribution in [1.29, 1.82) is 0 Å². The molecule has 5 aromatic heterocycles. The van der Waals surface area contributed by atoms with Crippen molar-refractivity contribution in [3.63, 3.8) is 0 Å². The number of benzene rings is 5. The SMILES string of the molecule is Cc1cc(C)[n+](C)c(-c2ccccc2C)c1.[2H]C([2H])([2H])C([2H])(C)c1ccc(-c2ccccc2C)[n+](C)c1.[2H]C([2H])([2H])c1c(C)c(C)c(-c2ccccc2C)[n+](C)c1C.[2H]C([2H])([2H])c1c(C)cc(-c2ccccc2C)[n+](C)c1C.[2H]C([2H])([2H])c1ccc(-c2ccccc2C)[n+](C)c1C. The minimum atomic E-state index is -2.36. The third-order valence-corrected chi connectivity index (χ3v) is 16.5. The number of nitrogens with zero attached hydrogens (tertiary/aromatic N) is 5. The van der Waals surface area contributed by atoms with Crippen LogP contribution in [0.5, 0.6) is 0 Å². The molecule has 84 heavy (non-hydrogen) atoms. The van der Waals surface area contributed by atoms with Gasteiger partial charge in [-0.05, 0) is 176 Å². The molecule has 0 amide bonds. The Morgan fingerprint density at radius 1 is 0.345 bits per heavy atom. The molecule has 0 aliphatic carbocycles. The van der Waals surface area contributed by atoms with Crippen molar-refractivity contribution < 1.29 is 40.7 Å². The van der Waals surface area contributed by atoms with E-state index in [2.05, 4.69) is 126 Å². The van der Waals surface area contributed by atoms with Crippen LogP contribution in [0.3, 0.4) is 0 Å². The Morgan fingerprint density at radius 2 is 0.774 bits per heavy atom. The molecule has 10 rings (SSSR count). The molecule has 0 N–H and O–H groups in total. The lowest BCUT2D eigenvalue weighted by atomic mass is 9.95. The van der Waals surface area contributed by atoms with E-state index in [0.29, 0.717) is 22.3 Å². The average molecular weight is 1130 g/mol. The zero-order chi connectivity index (χ0) is 72.8. The Hall–Kier alpha value is -8.15. The molecule has 1 atom stereocenters. The van der Waals surface area contributed by atoms with Crippen molar-refractivity contribution in [2.75, 3.05) is 0 Å². The molecule has 0 spiro atoms. The van der Waals surface area contributed by atoms with Gasteiger partial charge in [0.15, 0.2) is 29.0 Å². The quantitative estimate of drug-likeness (QED) is 0.148. The van der Waals surface area contributed by atoms with Gasteiger partial charge in [0, 0.05) is 131 Å². The summed E-state index contributed by atoms with van der Waals surface area (Å²) in [5.41, 5.74) is 26.9. The van der Waals surface area contributed by atoms with Gasteiger partial charge < -0.3 is 0 Å². The molecule has 0 aliphatic heterocycles. The topological polar surface area (TPSA) is 19.4 Å². The van der Waals surface area contributed by atoms with E-state index < -0.39 is 33.3 Å². The van der Waals surface area contributed by atoms with Crippen molar-refractivity contribution in [1.82, 2.24) is 0 Å². The molecule has 10 aromatic rings. The standard InChI is InChI=1S/C17H22N.2C16H20N.2C15H18N/c1-11-9-7-8-10-16(11)17-14(4)12(2)13(3)15(5)18(17)6;1-11-8-6-7-9-15(11)16-10-12(2)13(3)14(4)17(16)5;1-12(2)14-9-10-16(17(4)11-14)15-8-6-5-7-13(15)3;1-11-9-13(3)16(4)15(10-11)14-8-6-5-7-12(14)2;1-11-9-10-15(16(4)13(11)3)14-8-6-5-7-12(14)2/h7-10H,1-6H3;6-10H,1-5H3;5-12H,1-4H3;2*5-10H,1-4H3/q5*+1/i2*3D3;1D3,12D;;1D3. The maximum Gasteiger partial charge on any atom is 0.215 e. The van der Waals surface area contributed by atoms with Gasteiger partial charge in [-0.1, -0.05) is 105 Å². The van der Waals surface area contributed by atoms with Gasteiger partial charge in [-0.15, -0.1) is 0 Å². The highest BCUT2D eigenvalue weighted by Gasteiger charge is 2.23. The number of aromatic nitrogens is 5. The number of hydrogen-bond acceptors (Lipinski definition) is 0. The van der Waals surface area contributed by atoms with Gasteiger partial charge in [0.1, 0.15) is 35.2 Å². The summed E-state index contributed by atoms with van der Waals surface area (Å²) in [6, 6.07) is 54.7. The van der Waals surface area contributed by atoms with Crippen LogP contribution in [0.25, 0.3) is 56.3 Å². The van der Waals surface area contributed by atoms with Crippen LogP contribution < -0.4 is 22.8 Å². The summed E-state index contributed by atoms with van der Waals surface area (Å²) in [6.45, 7) is 19.0. The van der Waals surface area contributed by atoms with Crippen LogP contribution in [0.15, 0.2) is 170 Å². The predicted octanol–water partition coefficient (Wildman–Crippen LogP) is 16.9. The fraction of sp³-hybridized carbons (Fsp3) is 0.304. The summed E-state index contributed by atoms with van der Waals surface area (Å²) >= 11 is 0. The van der Waals surface area contributed by atoms with Gasteiger partial charge in [-0.3, -0.25) is 0 Å². The number of hydrogen-bond donors (Lipinski definition) is 0. The van der Waals surface area contributed by atoms with Crippen molar-refractivity contribution in [2.45, 2.75) is 130 Å². The lowest BCUT2D eigenvalue weighted by Crippen LogP contribution is -2.37. The van der Waals surface area contributed by atoms with Crippen molar-refractivity contribution in [2.24, 2.45) is 35.2 Å². The molecule has 5 heterocycles. The summed E-state index contributed by atoms with van der Waals surface area (Å²) < 4.78 is 110. The van der Waals surface area contributed by atoms with Crippen LogP contribution >= 0.6 is 0 Å². The van der Waals surface area contributed by atoms with Gasteiger partial charge in [-0.25, -0.2) is 4.57 Å². The van der Waals surface area contributed by atoms with Gasteiger partial charge in [0.05, 0.1) is 0 Å². The highest BCUT2D eigenvalue weighted by Crippen LogP contribution is 2.29. The van der Waals surface area contributed by atoms with Crippen molar-refractivity contribution in [3.8, 4) is 56.3 Å². The molecule has 5 nitrogen and oxygen atoms in total. The van der Waals surface area contributed by atoms with E-state index in [1.54, 1.807) is 18.3 Å². The Balaban J connectivity index is 0.000000192. The van der Waals surface area contributed by atoms with E-state index in [4.69, 9.17) is 17.8 Å². The number of aryl methyl sites for hydroxylation is 10. The van der Waals surface area contributed by atoms with E-state index in [1.807, 2.05) is 174 Å². The van der Waals surface area contributed by atoms with Crippen LogP contribution in [0.2, 0.25) is 0 Å². The fourth-order valence-electron chi connectivity index (χ4n) is 10.5. The maximum absolute atomic E-state index is 8.16. The summed E-state index contributed by atoms with van der Waals surface area (Å²) in [5, 5.41) is 0. The highest BCUT2D eigenvalue weighted by molar-refractivity contribution is 5.67. The first kappa shape index (κ1) is 48.2. The van der Waals surface area contributed by atoms with E-state index in [-0.39, 0.29) is 0 Å². The number of pyridine rings is 5. The molecule has 0 fully saturated rings. The minimum Gasteiger partial charge on any atom is -0.201 e. The lowest BCUT2D eigenvalue weighted by molar-refractivity contribution is -0.667. The maximum atomic E-state index is 8.16. The summed E-state index contributed by atoms with van der Waals surface area (Å²) in [6.07, 6.45) is 1.74.